The quantitative estimate of drug-likeness (QED) is 0.832. The number of hydrogen-bond donors (Lipinski definition) is 1. The smallest absolute Gasteiger partial charge is 0.122 e. The van der Waals surface area contributed by atoms with Gasteiger partial charge in [0.05, 0.1) is 6.61 Å². The standard InChI is InChI=1S/C17H27NO/c1-4-11-18-16-9-5-8-15-14(16)7-6-10-17(15)19-12-13(2)3/h6-7,10,13,16,18H,4-5,8-9,11-12H2,1-3H3. The Bertz CT molecular complexity index is 400. The van der Waals surface area contributed by atoms with E-state index in [1.165, 1.54) is 30.4 Å². The largest absolute Gasteiger partial charge is 0.493 e. The molecule has 1 aliphatic carbocycles. The molecule has 0 amide bonds. The topological polar surface area (TPSA) is 21.3 Å². The monoisotopic (exact) mass is 261 g/mol. The lowest BCUT2D eigenvalue weighted by Gasteiger charge is -2.28. The molecule has 1 aromatic rings. The summed E-state index contributed by atoms with van der Waals surface area (Å²) < 4.78 is 5.99. The number of nitrogens with one attached hydrogen (secondary N) is 1. The van der Waals surface area contributed by atoms with E-state index in [0.29, 0.717) is 12.0 Å². The van der Waals surface area contributed by atoms with Crippen LogP contribution >= 0.6 is 0 Å². The van der Waals surface area contributed by atoms with E-state index >= 15 is 0 Å². The van der Waals surface area contributed by atoms with Crippen molar-refractivity contribution >= 4 is 0 Å². The fourth-order valence-electron chi connectivity index (χ4n) is 2.74. The molecule has 1 unspecified atom stereocenters. The minimum Gasteiger partial charge on any atom is -0.493 e. The van der Waals surface area contributed by atoms with Crippen molar-refractivity contribution in [1.29, 1.82) is 0 Å². The van der Waals surface area contributed by atoms with Crippen LogP contribution in [0.5, 0.6) is 5.75 Å². The average molecular weight is 261 g/mol. The normalized spacial score (nSPS) is 18.4. The highest BCUT2D eigenvalue weighted by Gasteiger charge is 2.22. The molecule has 0 aromatic heterocycles. The third kappa shape index (κ3) is 3.73. The molecule has 106 valence electrons. The fraction of sp³-hybridized carbons (Fsp3) is 0.647. The van der Waals surface area contributed by atoms with Crippen LogP contribution in [0.1, 0.15) is 57.2 Å². The summed E-state index contributed by atoms with van der Waals surface area (Å²) in [5, 5.41) is 3.66. The van der Waals surface area contributed by atoms with Crippen molar-refractivity contribution in [2.75, 3.05) is 13.2 Å². The molecule has 0 saturated heterocycles. The first-order chi connectivity index (χ1) is 9.22. The van der Waals surface area contributed by atoms with Crippen molar-refractivity contribution in [3.05, 3.63) is 29.3 Å². The van der Waals surface area contributed by atoms with Gasteiger partial charge in [-0.25, -0.2) is 0 Å². The highest BCUT2D eigenvalue weighted by molar-refractivity contribution is 5.43. The van der Waals surface area contributed by atoms with E-state index in [2.05, 4.69) is 44.3 Å². The Balaban J connectivity index is 2.15. The second-order valence-electron chi connectivity index (χ2n) is 5.93. The molecule has 2 rings (SSSR count). The Kier molecular flexibility index (Phi) is 5.26. The van der Waals surface area contributed by atoms with Gasteiger partial charge in [0.2, 0.25) is 0 Å². The van der Waals surface area contributed by atoms with E-state index in [1.807, 2.05) is 0 Å². The summed E-state index contributed by atoms with van der Waals surface area (Å²) in [6.45, 7) is 8.52. The lowest BCUT2D eigenvalue weighted by molar-refractivity contribution is 0.266. The molecule has 0 heterocycles. The lowest BCUT2D eigenvalue weighted by Crippen LogP contribution is -2.26. The third-order valence-electron chi connectivity index (χ3n) is 3.68. The number of ether oxygens (including phenoxy) is 1. The fourth-order valence-corrected chi connectivity index (χ4v) is 2.74. The van der Waals surface area contributed by atoms with Crippen LogP contribution in [0.15, 0.2) is 18.2 Å². The van der Waals surface area contributed by atoms with Gasteiger partial charge in [-0.05, 0) is 55.3 Å². The zero-order valence-corrected chi connectivity index (χ0v) is 12.5. The molecular formula is C17H27NO. The Morgan fingerprint density at radius 2 is 2.21 bits per heavy atom. The van der Waals surface area contributed by atoms with E-state index in [-0.39, 0.29) is 0 Å². The van der Waals surface area contributed by atoms with Gasteiger partial charge in [0.15, 0.2) is 0 Å². The first kappa shape index (κ1) is 14.4. The van der Waals surface area contributed by atoms with Crippen molar-refractivity contribution in [1.82, 2.24) is 5.32 Å². The lowest BCUT2D eigenvalue weighted by atomic mass is 9.87. The van der Waals surface area contributed by atoms with Gasteiger partial charge in [-0.3, -0.25) is 0 Å². The maximum Gasteiger partial charge on any atom is 0.122 e. The van der Waals surface area contributed by atoms with Gasteiger partial charge in [0, 0.05) is 6.04 Å². The molecule has 0 aliphatic heterocycles. The van der Waals surface area contributed by atoms with Crippen molar-refractivity contribution in [3.63, 3.8) is 0 Å². The predicted molar refractivity (Wildman–Crippen MR) is 80.7 cm³/mol. The van der Waals surface area contributed by atoms with E-state index in [1.54, 1.807) is 0 Å². The van der Waals surface area contributed by atoms with Crippen LogP contribution in [0.3, 0.4) is 0 Å². The molecule has 0 bridgehead atoms. The van der Waals surface area contributed by atoms with Crippen LogP contribution in [-0.4, -0.2) is 13.2 Å². The molecule has 2 nitrogen and oxygen atoms in total. The van der Waals surface area contributed by atoms with Gasteiger partial charge in [-0.1, -0.05) is 32.9 Å². The van der Waals surface area contributed by atoms with Crippen molar-refractivity contribution in [2.45, 2.75) is 52.5 Å². The average Bonchev–Trinajstić information content (AvgIpc) is 2.42. The molecule has 0 radical (unpaired) electrons. The summed E-state index contributed by atoms with van der Waals surface area (Å²) in [6, 6.07) is 7.06. The first-order valence-corrected chi connectivity index (χ1v) is 7.70. The molecule has 1 N–H and O–H groups in total. The van der Waals surface area contributed by atoms with Crippen LogP contribution in [0.25, 0.3) is 0 Å². The van der Waals surface area contributed by atoms with Crippen LogP contribution in [0.2, 0.25) is 0 Å². The van der Waals surface area contributed by atoms with Gasteiger partial charge >= 0.3 is 0 Å². The Morgan fingerprint density at radius 3 is 2.95 bits per heavy atom. The number of hydrogen-bond acceptors (Lipinski definition) is 2. The summed E-state index contributed by atoms with van der Waals surface area (Å²) in [5.74, 6) is 1.68. The van der Waals surface area contributed by atoms with Crippen LogP contribution in [0.4, 0.5) is 0 Å². The van der Waals surface area contributed by atoms with Gasteiger partial charge in [0.1, 0.15) is 5.75 Å². The van der Waals surface area contributed by atoms with Crippen LogP contribution in [-0.2, 0) is 6.42 Å². The van der Waals surface area contributed by atoms with Gasteiger partial charge in [-0.15, -0.1) is 0 Å². The maximum absolute atomic E-state index is 5.99. The highest BCUT2D eigenvalue weighted by Crippen LogP contribution is 2.35. The Morgan fingerprint density at radius 1 is 1.37 bits per heavy atom. The van der Waals surface area contributed by atoms with Crippen LogP contribution in [0, 0.1) is 5.92 Å². The molecule has 1 aromatic carbocycles. The van der Waals surface area contributed by atoms with E-state index in [0.717, 1.165) is 25.3 Å². The van der Waals surface area contributed by atoms with Gasteiger partial charge in [-0.2, -0.15) is 0 Å². The second-order valence-corrected chi connectivity index (χ2v) is 5.93. The van der Waals surface area contributed by atoms with Crippen molar-refractivity contribution in [2.24, 2.45) is 5.92 Å². The Labute approximate surface area is 117 Å². The Hall–Kier alpha value is -1.02. The summed E-state index contributed by atoms with van der Waals surface area (Å²) in [4.78, 5) is 0. The van der Waals surface area contributed by atoms with E-state index in [4.69, 9.17) is 4.74 Å². The summed E-state index contributed by atoms with van der Waals surface area (Å²) in [5.41, 5.74) is 2.89. The van der Waals surface area contributed by atoms with Crippen molar-refractivity contribution in [3.8, 4) is 5.75 Å². The third-order valence-corrected chi connectivity index (χ3v) is 3.68. The van der Waals surface area contributed by atoms with Crippen molar-refractivity contribution < 1.29 is 4.74 Å². The van der Waals surface area contributed by atoms with Gasteiger partial charge in [0.25, 0.3) is 0 Å². The molecule has 0 spiro atoms. The molecule has 1 atom stereocenters. The summed E-state index contributed by atoms with van der Waals surface area (Å²) >= 11 is 0. The summed E-state index contributed by atoms with van der Waals surface area (Å²) in [6.07, 6.45) is 4.86. The van der Waals surface area contributed by atoms with Crippen LogP contribution < -0.4 is 10.1 Å². The molecule has 0 fully saturated rings. The summed E-state index contributed by atoms with van der Waals surface area (Å²) in [7, 11) is 0. The van der Waals surface area contributed by atoms with Gasteiger partial charge < -0.3 is 10.1 Å². The zero-order valence-electron chi connectivity index (χ0n) is 12.5. The zero-order chi connectivity index (χ0) is 13.7. The number of rotatable bonds is 6. The second kappa shape index (κ2) is 6.95. The van der Waals surface area contributed by atoms with E-state index in [9.17, 15) is 0 Å². The maximum atomic E-state index is 5.99. The van der Waals surface area contributed by atoms with E-state index < -0.39 is 0 Å². The minimum absolute atomic E-state index is 0.520. The molecular weight excluding hydrogens is 234 g/mol. The molecule has 19 heavy (non-hydrogen) atoms. The minimum atomic E-state index is 0.520. The molecule has 1 aliphatic rings. The highest BCUT2D eigenvalue weighted by atomic mass is 16.5. The molecule has 0 saturated carbocycles. The molecule has 2 heteroatoms. The SMILES string of the molecule is CCCNC1CCCc2c(OCC(C)C)cccc21. The first-order valence-electron chi connectivity index (χ1n) is 7.70. The predicted octanol–water partition coefficient (Wildman–Crippen LogP) is 4.10. The number of fused-ring (bicyclic) bond motifs is 1. The number of benzene rings is 1.